The van der Waals surface area contributed by atoms with Gasteiger partial charge in [0.25, 0.3) is 0 Å². The molecule has 8 heteroatoms. The Morgan fingerprint density at radius 3 is 2.50 bits per heavy atom. The third-order valence-electron chi connectivity index (χ3n) is 11.9. The first-order valence-electron chi connectivity index (χ1n) is 19.0. The smallest absolute Gasteiger partial charge is 0.153 e. The van der Waals surface area contributed by atoms with Crippen molar-refractivity contribution in [2.45, 2.75) is 70.7 Å². The van der Waals surface area contributed by atoms with Gasteiger partial charge in [-0.05, 0) is 83.5 Å². The van der Waals surface area contributed by atoms with Gasteiger partial charge in [0.2, 0.25) is 0 Å². The van der Waals surface area contributed by atoms with Crippen LogP contribution < -0.4 is 9.64 Å². The Morgan fingerprint density at radius 1 is 0.942 bits per heavy atom. The van der Waals surface area contributed by atoms with Crippen LogP contribution in [0.3, 0.4) is 0 Å². The van der Waals surface area contributed by atoms with Gasteiger partial charge in [-0.1, -0.05) is 62.4 Å². The SMILES string of the molecule is COCc1ccc(CN2CCN(C3CC4(CCN(c5ccc(C=O)c(Oc6cnc7[nH]ccc7c6)c5)CC4)C3)C(c3ccccc3C(C)C)C2)cc1. The quantitative estimate of drug-likeness (QED) is 0.138. The molecule has 8 nitrogen and oxygen atoms in total. The molecule has 270 valence electrons. The number of hydrogen-bond acceptors (Lipinski definition) is 7. The number of H-pyrrole nitrogens is 1. The van der Waals surface area contributed by atoms with E-state index in [-0.39, 0.29) is 0 Å². The Labute approximate surface area is 307 Å². The second-order valence-electron chi connectivity index (χ2n) is 15.6. The van der Waals surface area contributed by atoms with Crippen molar-refractivity contribution in [3.63, 3.8) is 0 Å². The zero-order chi connectivity index (χ0) is 35.7. The first-order chi connectivity index (χ1) is 25.4. The molecule has 3 aliphatic rings. The Kier molecular flexibility index (Phi) is 9.88. The van der Waals surface area contributed by atoms with E-state index >= 15 is 0 Å². The van der Waals surface area contributed by atoms with Gasteiger partial charge in [-0.25, -0.2) is 4.98 Å². The molecule has 0 bridgehead atoms. The number of hydrogen-bond donors (Lipinski definition) is 1. The monoisotopic (exact) mass is 697 g/mol. The van der Waals surface area contributed by atoms with Crippen LogP contribution in [0.2, 0.25) is 0 Å². The summed E-state index contributed by atoms with van der Waals surface area (Å²) in [7, 11) is 1.75. The lowest BCUT2D eigenvalue weighted by Crippen LogP contribution is -2.60. The number of nitrogens with zero attached hydrogens (tertiary/aromatic N) is 4. The number of nitrogens with one attached hydrogen (secondary N) is 1. The first-order valence-corrected chi connectivity index (χ1v) is 19.0. The predicted molar refractivity (Wildman–Crippen MR) is 207 cm³/mol. The lowest BCUT2D eigenvalue weighted by Gasteiger charge is -2.58. The second kappa shape index (κ2) is 14.9. The number of rotatable bonds is 11. The largest absolute Gasteiger partial charge is 0.455 e. The number of pyridine rings is 1. The molecule has 8 rings (SSSR count). The highest BCUT2D eigenvalue weighted by atomic mass is 16.5. The molecule has 3 aromatic carbocycles. The number of aromatic nitrogens is 2. The van der Waals surface area contributed by atoms with Gasteiger partial charge in [-0.3, -0.25) is 14.6 Å². The van der Waals surface area contributed by atoms with Gasteiger partial charge in [0, 0.05) is 81.8 Å². The number of carbonyl (C=O) groups is 1. The number of carbonyl (C=O) groups excluding carboxylic acids is 1. The van der Waals surface area contributed by atoms with Crippen molar-refractivity contribution in [2.24, 2.45) is 5.41 Å². The van der Waals surface area contributed by atoms with Crippen molar-refractivity contribution < 1.29 is 14.3 Å². The maximum Gasteiger partial charge on any atom is 0.153 e. The van der Waals surface area contributed by atoms with Gasteiger partial charge in [0.05, 0.1) is 18.4 Å². The summed E-state index contributed by atoms with van der Waals surface area (Å²) in [6.07, 6.45) is 9.36. The zero-order valence-corrected chi connectivity index (χ0v) is 30.8. The maximum absolute atomic E-state index is 11.9. The average molecular weight is 698 g/mol. The molecule has 1 unspecified atom stereocenters. The summed E-state index contributed by atoms with van der Waals surface area (Å²) in [4.78, 5) is 27.5. The number of piperidine rings is 1. The number of benzene rings is 3. The van der Waals surface area contributed by atoms with E-state index in [2.05, 4.69) is 93.1 Å². The molecule has 1 spiro atoms. The van der Waals surface area contributed by atoms with Gasteiger partial charge in [0.1, 0.15) is 17.1 Å². The first kappa shape index (κ1) is 34.6. The highest BCUT2D eigenvalue weighted by Gasteiger charge is 2.50. The normalized spacial score (nSPS) is 19.7. The van der Waals surface area contributed by atoms with Crippen molar-refractivity contribution in [1.82, 2.24) is 19.8 Å². The standard InChI is InChI=1S/C44H51N5O3/c1-31(2)39-6-4-5-7-40(39)41-28-47(27-32-8-10-33(11-9-32)30-51-3)20-21-49(41)37-24-44(25-37)15-18-48(19-16-44)36-13-12-35(29-50)42(23-36)52-38-22-34-14-17-45-43(34)46-26-38/h4-14,17,22-23,26,29,31,37,41H,15-16,18-21,24-25,27-28,30H2,1-3H3,(H,45,46). The summed E-state index contributed by atoms with van der Waals surface area (Å²) >= 11 is 0. The maximum atomic E-state index is 11.9. The van der Waals surface area contributed by atoms with Crippen molar-refractivity contribution in [3.05, 3.63) is 119 Å². The molecule has 2 aliphatic heterocycles. The number of aromatic amines is 1. The van der Waals surface area contributed by atoms with Crippen LogP contribution in [0.5, 0.6) is 11.5 Å². The minimum Gasteiger partial charge on any atom is -0.455 e. The lowest BCUT2D eigenvalue weighted by atomic mass is 9.59. The van der Waals surface area contributed by atoms with Gasteiger partial charge in [0.15, 0.2) is 6.29 Å². The fourth-order valence-electron chi connectivity index (χ4n) is 9.05. The van der Waals surface area contributed by atoms with Gasteiger partial charge < -0.3 is 19.4 Å². The van der Waals surface area contributed by atoms with E-state index < -0.39 is 0 Å². The summed E-state index contributed by atoms with van der Waals surface area (Å²) in [6, 6.07) is 29.0. The summed E-state index contributed by atoms with van der Waals surface area (Å²) in [5.41, 5.74) is 8.45. The van der Waals surface area contributed by atoms with Crippen LogP contribution in [0.1, 0.15) is 84.1 Å². The number of ether oxygens (including phenoxy) is 2. The summed E-state index contributed by atoms with van der Waals surface area (Å²) in [6.45, 7) is 11.6. The van der Waals surface area contributed by atoms with Crippen molar-refractivity contribution in [1.29, 1.82) is 0 Å². The fraction of sp³-hybridized carbons (Fsp3) is 0.409. The van der Waals surface area contributed by atoms with Gasteiger partial charge in [-0.2, -0.15) is 0 Å². The third-order valence-corrected chi connectivity index (χ3v) is 11.9. The van der Waals surface area contributed by atoms with Crippen LogP contribution in [0.4, 0.5) is 5.69 Å². The van der Waals surface area contributed by atoms with E-state index in [0.717, 1.165) is 62.3 Å². The van der Waals surface area contributed by atoms with E-state index in [0.29, 0.717) is 47.1 Å². The molecule has 5 aromatic rings. The molecule has 1 N–H and O–H groups in total. The second-order valence-corrected chi connectivity index (χ2v) is 15.6. The van der Waals surface area contributed by atoms with E-state index in [1.165, 1.54) is 47.9 Å². The van der Waals surface area contributed by atoms with Crippen LogP contribution in [0.25, 0.3) is 11.0 Å². The Hall–Kier alpha value is -4.50. The molecule has 2 aromatic heterocycles. The molecular weight excluding hydrogens is 647 g/mol. The molecular formula is C44H51N5O3. The van der Waals surface area contributed by atoms with Gasteiger partial charge in [-0.15, -0.1) is 0 Å². The number of anilines is 1. The number of aldehydes is 1. The topological polar surface area (TPSA) is 73.9 Å². The van der Waals surface area contributed by atoms with E-state index in [9.17, 15) is 4.79 Å². The predicted octanol–water partition coefficient (Wildman–Crippen LogP) is 8.75. The molecule has 1 atom stereocenters. The molecule has 1 saturated carbocycles. The summed E-state index contributed by atoms with van der Waals surface area (Å²) in [5, 5.41) is 0.975. The zero-order valence-electron chi connectivity index (χ0n) is 30.8. The Morgan fingerprint density at radius 2 is 1.73 bits per heavy atom. The van der Waals surface area contributed by atoms with Crippen LogP contribution in [0.15, 0.2) is 91.3 Å². The highest BCUT2D eigenvalue weighted by molar-refractivity contribution is 5.81. The molecule has 52 heavy (non-hydrogen) atoms. The summed E-state index contributed by atoms with van der Waals surface area (Å²) in [5.74, 6) is 1.69. The van der Waals surface area contributed by atoms with Crippen molar-refractivity contribution in [2.75, 3.05) is 44.7 Å². The van der Waals surface area contributed by atoms with Crippen LogP contribution in [0, 0.1) is 5.41 Å². The lowest BCUT2D eigenvalue weighted by molar-refractivity contribution is -0.0628. The minimum absolute atomic E-state index is 0.394. The van der Waals surface area contributed by atoms with Crippen LogP contribution in [-0.2, 0) is 17.9 Å². The highest BCUT2D eigenvalue weighted by Crippen LogP contribution is 2.53. The minimum atomic E-state index is 0.394. The fourth-order valence-corrected chi connectivity index (χ4v) is 9.05. The number of piperazine rings is 1. The average Bonchev–Trinajstić information content (AvgIpc) is 3.63. The van der Waals surface area contributed by atoms with Crippen molar-refractivity contribution in [3.8, 4) is 11.5 Å². The number of fused-ring (bicyclic) bond motifs is 1. The molecule has 1 aliphatic carbocycles. The third kappa shape index (κ3) is 7.12. The Balaban J connectivity index is 0.933. The molecule has 2 saturated heterocycles. The van der Waals surface area contributed by atoms with E-state index in [1.54, 1.807) is 13.3 Å². The molecule has 0 amide bonds. The number of methoxy groups -OCH3 is 1. The van der Waals surface area contributed by atoms with Crippen LogP contribution in [-0.4, -0.2) is 71.9 Å². The molecule has 3 fully saturated rings. The van der Waals surface area contributed by atoms with Crippen molar-refractivity contribution >= 4 is 23.0 Å². The molecule has 4 heterocycles. The Bertz CT molecular complexity index is 1990. The van der Waals surface area contributed by atoms with Gasteiger partial charge >= 0.3 is 0 Å². The van der Waals surface area contributed by atoms with E-state index in [4.69, 9.17) is 9.47 Å². The van der Waals surface area contributed by atoms with E-state index in [1.807, 2.05) is 30.5 Å². The molecule has 0 radical (unpaired) electrons. The van der Waals surface area contributed by atoms with Crippen LogP contribution >= 0.6 is 0 Å². The summed E-state index contributed by atoms with van der Waals surface area (Å²) < 4.78 is 11.6.